The van der Waals surface area contributed by atoms with Gasteiger partial charge in [-0.1, -0.05) is 25.1 Å². The summed E-state index contributed by atoms with van der Waals surface area (Å²) in [6, 6.07) is 13.0. The number of nitrogens with two attached hydrogens (primary N) is 1. The Morgan fingerprint density at radius 2 is 1.94 bits per heavy atom. The lowest BCUT2D eigenvalue weighted by Crippen LogP contribution is -2.51. The predicted octanol–water partition coefficient (Wildman–Crippen LogP) is 1.86. The summed E-state index contributed by atoms with van der Waals surface area (Å²) in [6.07, 6.45) is 3.21. The van der Waals surface area contributed by atoms with Crippen LogP contribution in [0.3, 0.4) is 0 Å². The normalized spacial score (nSPS) is 25.7. The molecule has 9 nitrogen and oxygen atoms in total. The van der Waals surface area contributed by atoms with Crippen molar-refractivity contribution in [3.63, 3.8) is 0 Å². The number of nitrogens with zero attached hydrogens (tertiary/aromatic N) is 2. The molecule has 1 saturated heterocycles. The molecule has 9 heteroatoms. The van der Waals surface area contributed by atoms with Gasteiger partial charge in [-0.2, -0.15) is 0 Å². The molecule has 3 amide bonds. The fraction of sp³-hybridized carbons (Fsp3) is 0.519. The van der Waals surface area contributed by atoms with Crippen molar-refractivity contribution in [3.05, 3.63) is 53.9 Å². The fourth-order valence-electron chi connectivity index (χ4n) is 5.76. The van der Waals surface area contributed by atoms with Gasteiger partial charge in [-0.3, -0.25) is 14.4 Å². The number of hydrogen-bond donors (Lipinski definition) is 3. The topological polar surface area (TPSA) is 119 Å². The number of piperidine rings is 1. The van der Waals surface area contributed by atoms with Crippen LogP contribution in [0.25, 0.3) is 0 Å². The van der Waals surface area contributed by atoms with Crippen molar-refractivity contribution in [1.29, 1.82) is 0 Å². The van der Waals surface area contributed by atoms with Crippen molar-refractivity contribution in [3.8, 4) is 5.75 Å². The van der Waals surface area contributed by atoms with Crippen LogP contribution >= 0.6 is 0 Å². The van der Waals surface area contributed by atoms with Gasteiger partial charge in [0.25, 0.3) is 0 Å². The van der Waals surface area contributed by atoms with Crippen molar-refractivity contribution < 1.29 is 19.1 Å². The van der Waals surface area contributed by atoms with Crippen LogP contribution in [0.4, 0.5) is 0 Å². The Morgan fingerprint density at radius 3 is 2.72 bits per heavy atom. The van der Waals surface area contributed by atoms with Crippen LogP contribution in [0.15, 0.2) is 42.5 Å². The monoisotopic (exact) mass is 493 g/mol. The van der Waals surface area contributed by atoms with E-state index in [0.717, 1.165) is 36.5 Å². The van der Waals surface area contributed by atoms with Gasteiger partial charge in [0.1, 0.15) is 11.8 Å². The molecule has 2 fully saturated rings. The van der Waals surface area contributed by atoms with E-state index in [1.54, 1.807) is 4.90 Å². The number of likely N-dealkylation sites (tertiary alicyclic amines) is 1. The molecule has 5 rings (SSSR count). The van der Waals surface area contributed by atoms with E-state index in [1.807, 2.05) is 42.5 Å². The zero-order valence-electron chi connectivity index (χ0n) is 20.7. The van der Waals surface area contributed by atoms with E-state index in [9.17, 15) is 14.4 Å². The van der Waals surface area contributed by atoms with Gasteiger partial charge in [0.2, 0.25) is 17.7 Å². The van der Waals surface area contributed by atoms with Crippen LogP contribution in [0.1, 0.15) is 56.5 Å². The summed E-state index contributed by atoms with van der Waals surface area (Å²) in [5, 5.41) is 5.91. The van der Waals surface area contributed by atoms with Gasteiger partial charge in [-0.25, -0.2) is 0 Å². The molecular weight excluding hydrogens is 458 g/mol. The first-order chi connectivity index (χ1) is 17.4. The van der Waals surface area contributed by atoms with E-state index in [1.165, 1.54) is 0 Å². The van der Waals surface area contributed by atoms with Crippen molar-refractivity contribution in [2.24, 2.45) is 11.1 Å². The third kappa shape index (κ3) is 4.84. The largest absolute Gasteiger partial charge is 0.494 e. The van der Waals surface area contributed by atoms with Gasteiger partial charge in [-0.05, 0) is 55.4 Å². The number of carbonyl (C=O) groups excluding carboxylic acids is 3. The highest BCUT2D eigenvalue weighted by Crippen LogP contribution is 2.59. The highest BCUT2D eigenvalue weighted by atomic mass is 16.5. The van der Waals surface area contributed by atoms with Crippen LogP contribution in [0.2, 0.25) is 0 Å². The number of carbonyl (C=O) groups is 3. The number of rotatable bonds is 10. The second-order valence-electron chi connectivity index (χ2n) is 10.4. The lowest BCUT2D eigenvalue weighted by atomic mass is 10.0. The molecule has 1 aliphatic carbocycles. The quantitative estimate of drug-likeness (QED) is 0.437. The molecule has 4 N–H and O–H groups in total. The van der Waals surface area contributed by atoms with Gasteiger partial charge in [0.15, 0.2) is 0 Å². The second-order valence-corrected chi connectivity index (χ2v) is 10.4. The number of nitrogens with one attached hydrogen (secondary N) is 2. The molecule has 4 atom stereocenters. The van der Waals surface area contributed by atoms with E-state index in [2.05, 4.69) is 22.1 Å². The first-order valence-electron chi connectivity index (χ1n) is 12.8. The summed E-state index contributed by atoms with van der Waals surface area (Å²) in [5.41, 5.74) is 7.94. The summed E-state index contributed by atoms with van der Waals surface area (Å²) in [4.78, 5) is 40.4. The average Bonchev–Trinajstić information content (AvgIpc) is 3.20. The fourth-order valence-corrected chi connectivity index (χ4v) is 5.76. The maximum atomic E-state index is 13.3. The van der Waals surface area contributed by atoms with Gasteiger partial charge < -0.3 is 30.6 Å². The lowest BCUT2D eigenvalue weighted by molar-refractivity contribution is -0.140. The number of amides is 3. The molecule has 1 aromatic heterocycles. The number of hydrogen-bond acceptors (Lipinski definition) is 5. The number of para-hydroxylation sites is 1. The van der Waals surface area contributed by atoms with Crippen molar-refractivity contribution >= 4 is 17.7 Å². The predicted molar refractivity (Wildman–Crippen MR) is 134 cm³/mol. The van der Waals surface area contributed by atoms with Crippen molar-refractivity contribution in [1.82, 2.24) is 20.1 Å². The third-order valence-corrected chi connectivity index (χ3v) is 7.85. The second kappa shape index (κ2) is 9.97. The van der Waals surface area contributed by atoms with E-state index in [4.69, 9.17) is 10.5 Å². The highest BCUT2D eigenvalue weighted by molar-refractivity contribution is 5.92. The zero-order chi connectivity index (χ0) is 25.3. The van der Waals surface area contributed by atoms with Crippen molar-refractivity contribution in [2.45, 2.75) is 70.2 Å². The minimum Gasteiger partial charge on any atom is -0.494 e. The van der Waals surface area contributed by atoms with Crippen LogP contribution in [-0.2, 0) is 27.5 Å². The first kappa shape index (κ1) is 24.4. The molecule has 36 heavy (non-hydrogen) atoms. The van der Waals surface area contributed by atoms with Crippen molar-refractivity contribution in [2.75, 3.05) is 13.2 Å². The summed E-state index contributed by atoms with van der Waals surface area (Å²) in [5.74, 6) is 0.260. The lowest BCUT2D eigenvalue weighted by Gasteiger charge is -2.28. The van der Waals surface area contributed by atoms with Gasteiger partial charge in [0.05, 0.1) is 19.2 Å². The van der Waals surface area contributed by atoms with E-state index < -0.39 is 6.04 Å². The Labute approximate surface area is 211 Å². The Hall–Kier alpha value is -3.33. The van der Waals surface area contributed by atoms with Crippen LogP contribution in [-0.4, -0.2) is 52.4 Å². The van der Waals surface area contributed by atoms with E-state index >= 15 is 0 Å². The van der Waals surface area contributed by atoms with Gasteiger partial charge in [0, 0.05) is 36.9 Å². The third-order valence-electron chi connectivity index (χ3n) is 7.85. The molecule has 3 aliphatic rings. The van der Waals surface area contributed by atoms with Crippen LogP contribution in [0, 0.1) is 5.41 Å². The number of benzene rings is 1. The maximum absolute atomic E-state index is 13.3. The molecule has 3 heterocycles. The SMILES string of the molecule is C[C@@]12C[C@@H]1N(C(=O)CNC(=O)CCCOc1ccccc1)[C@H](C(=O)N[C@H]1CCn3c(CN)ccc31)C2. The molecule has 0 unspecified atom stereocenters. The Bertz CT molecular complexity index is 1130. The summed E-state index contributed by atoms with van der Waals surface area (Å²) >= 11 is 0. The molecule has 0 radical (unpaired) electrons. The van der Waals surface area contributed by atoms with Gasteiger partial charge >= 0.3 is 0 Å². The molecule has 2 aromatic rings. The maximum Gasteiger partial charge on any atom is 0.243 e. The number of aromatic nitrogens is 1. The van der Waals surface area contributed by atoms with Gasteiger partial charge in [-0.15, -0.1) is 0 Å². The molecular formula is C27H35N5O4. The molecule has 2 aliphatic heterocycles. The molecule has 1 saturated carbocycles. The zero-order valence-corrected chi connectivity index (χ0v) is 20.7. The average molecular weight is 494 g/mol. The smallest absolute Gasteiger partial charge is 0.243 e. The Kier molecular flexibility index (Phi) is 6.75. The summed E-state index contributed by atoms with van der Waals surface area (Å²) in [7, 11) is 0. The molecule has 192 valence electrons. The minimum absolute atomic E-state index is 0.0148. The van der Waals surface area contributed by atoms with Crippen LogP contribution in [0.5, 0.6) is 5.75 Å². The summed E-state index contributed by atoms with van der Waals surface area (Å²) in [6.45, 7) is 3.76. The van der Waals surface area contributed by atoms with Crippen LogP contribution < -0.4 is 21.1 Å². The molecule has 0 bridgehead atoms. The standard InChI is InChI=1S/C27H35N5O4/c1-27-14-22(26(35)30-20-11-12-31-18(16-28)9-10-21(20)31)32(23(27)15-27)25(34)17-29-24(33)8-5-13-36-19-6-3-2-4-7-19/h2-4,6-7,9-10,20,22-23H,5,8,11-17,28H2,1H3,(H,29,33)(H,30,35)/t20-,22-,23-,27+/m0/s1. The first-order valence-corrected chi connectivity index (χ1v) is 12.8. The van der Waals surface area contributed by atoms with E-state index in [-0.39, 0.29) is 48.2 Å². The minimum atomic E-state index is -0.504. The van der Waals surface area contributed by atoms with E-state index in [0.29, 0.717) is 26.0 Å². The molecule has 1 aromatic carbocycles. The highest BCUT2D eigenvalue weighted by Gasteiger charge is 2.64. The summed E-state index contributed by atoms with van der Waals surface area (Å²) < 4.78 is 7.78. The number of ether oxygens (including phenoxy) is 1. The Balaban J connectivity index is 1.11. The Morgan fingerprint density at radius 1 is 1.14 bits per heavy atom. The molecule has 0 spiro atoms. The number of fused-ring (bicyclic) bond motifs is 2.